The van der Waals surface area contributed by atoms with E-state index in [1.807, 2.05) is 24.4 Å². The molecule has 0 bridgehead atoms. The van der Waals surface area contributed by atoms with Gasteiger partial charge in [-0.15, -0.1) is 11.3 Å². The molecule has 3 N–H and O–H groups in total. The molecule has 0 saturated carbocycles. The number of hydrogen-bond donors (Lipinski definition) is 2. The van der Waals surface area contributed by atoms with Crippen molar-refractivity contribution in [2.75, 3.05) is 5.32 Å². The van der Waals surface area contributed by atoms with Gasteiger partial charge in [0.15, 0.2) is 12.4 Å². The Morgan fingerprint density at radius 2 is 2.10 bits per heavy atom. The summed E-state index contributed by atoms with van der Waals surface area (Å²) in [6.45, 7) is 0. The van der Waals surface area contributed by atoms with Gasteiger partial charge in [0.2, 0.25) is 5.69 Å². The van der Waals surface area contributed by atoms with Crippen LogP contribution in [-0.2, 0) is 12.8 Å². The summed E-state index contributed by atoms with van der Waals surface area (Å²) in [5.74, 6) is 0.0559. The molecule has 1 unspecified atom stereocenters. The number of anilines is 1. The van der Waals surface area contributed by atoms with Gasteiger partial charge in [-0.2, -0.15) is 0 Å². The molecule has 0 aromatic carbocycles. The number of H-pyrrole nitrogens is 1. The third-order valence-electron chi connectivity index (χ3n) is 3.99. The van der Waals surface area contributed by atoms with E-state index in [9.17, 15) is 4.79 Å². The summed E-state index contributed by atoms with van der Waals surface area (Å²) in [6.07, 6.45) is 6.29. The fourth-order valence-corrected chi connectivity index (χ4v) is 4.34. The van der Waals surface area contributed by atoms with Crippen molar-refractivity contribution in [3.8, 4) is 0 Å². The molecule has 0 radical (unpaired) electrons. The summed E-state index contributed by atoms with van der Waals surface area (Å²) in [6, 6.07) is 5.88. The van der Waals surface area contributed by atoms with E-state index in [0.717, 1.165) is 29.1 Å². The van der Waals surface area contributed by atoms with Crippen molar-refractivity contribution >= 4 is 22.2 Å². The lowest BCUT2D eigenvalue weighted by Crippen LogP contribution is -2.40. The van der Waals surface area contributed by atoms with Crippen molar-refractivity contribution in [3.63, 3.8) is 0 Å². The van der Waals surface area contributed by atoms with E-state index in [2.05, 4.69) is 15.6 Å². The number of pyridine rings is 1. The van der Waals surface area contributed by atoms with Gasteiger partial charge >= 0.3 is 0 Å². The number of amides is 1. The highest BCUT2D eigenvalue weighted by Crippen LogP contribution is 2.40. The first-order chi connectivity index (χ1) is 9.83. The molecule has 0 saturated heterocycles. The molecule has 5 heteroatoms. The molecule has 4 rings (SSSR count). The zero-order chi connectivity index (χ0) is 13.5. The van der Waals surface area contributed by atoms with E-state index in [1.165, 1.54) is 23.3 Å². The van der Waals surface area contributed by atoms with Crippen LogP contribution in [0.15, 0.2) is 24.4 Å². The Kier molecular flexibility index (Phi) is 2.73. The number of aryl methyl sites for hydroxylation is 1. The van der Waals surface area contributed by atoms with E-state index in [0.29, 0.717) is 0 Å². The average molecular weight is 286 g/mol. The maximum absolute atomic E-state index is 12.4. The van der Waals surface area contributed by atoms with E-state index in [-0.39, 0.29) is 12.1 Å². The van der Waals surface area contributed by atoms with Gasteiger partial charge in [-0.1, -0.05) is 0 Å². The summed E-state index contributed by atoms with van der Waals surface area (Å²) < 4.78 is 0. The summed E-state index contributed by atoms with van der Waals surface area (Å²) in [7, 11) is 0. The van der Waals surface area contributed by atoms with Gasteiger partial charge < -0.3 is 10.6 Å². The third kappa shape index (κ3) is 1.81. The monoisotopic (exact) mass is 286 g/mol. The van der Waals surface area contributed by atoms with Crippen LogP contribution >= 0.6 is 11.3 Å². The molecule has 0 fully saturated rings. The molecule has 2 aliphatic rings. The largest absolute Gasteiger partial charge is 0.348 e. The maximum Gasteiger partial charge on any atom is 0.256 e. The Bertz CT molecular complexity index is 665. The highest BCUT2D eigenvalue weighted by atomic mass is 32.1. The van der Waals surface area contributed by atoms with Crippen molar-refractivity contribution in [1.29, 1.82) is 0 Å². The van der Waals surface area contributed by atoms with E-state index < -0.39 is 0 Å². The molecule has 0 spiro atoms. The average Bonchev–Trinajstić information content (AvgIpc) is 2.87. The molecule has 1 aliphatic heterocycles. The Hall–Kier alpha value is -1.88. The van der Waals surface area contributed by atoms with Crippen molar-refractivity contribution in [2.45, 2.75) is 31.8 Å². The topological polar surface area (TPSA) is 55.3 Å². The van der Waals surface area contributed by atoms with Crippen LogP contribution in [0.1, 0.15) is 45.5 Å². The first-order valence-electron chi connectivity index (χ1n) is 7.01. The molecule has 20 heavy (non-hydrogen) atoms. The van der Waals surface area contributed by atoms with Crippen LogP contribution < -0.4 is 15.6 Å². The number of rotatable bonds is 1. The van der Waals surface area contributed by atoms with Gasteiger partial charge in [-0.25, -0.2) is 4.98 Å². The molecule has 3 heterocycles. The highest BCUT2D eigenvalue weighted by Gasteiger charge is 2.33. The van der Waals surface area contributed by atoms with Crippen molar-refractivity contribution in [1.82, 2.24) is 5.32 Å². The maximum atomic E-state index is 12.4. The Balaban J connectivity index is 1.73. The first kappa shape index (κ1) is 11.9. The van der Waals surface area contributed by atoms with Gasteiger partial charge in [-0.3, -0.25) is 4.79 Å². The molecule has 1 atom stereocenters. The number of hydrogen-bond acceptors (Lipinski definition) is 3. The van der Waals surface area contributed by atoms with Gasteiger partial charge in [0, 0.05) is 17.0 Å². The number of thiophene rings is 1. The zero-order valence-electron chi connectivity index (χ0n) is 11.0. The van der Waals surface area contributed by atoms with Crippen LogP contribution in [-0.4, -0.2) is 5.91 Å². The summed E-state index contributed by atoms with van der Waals surface area (Å²) in [5.41, 5.74) is 3.13. The fraction of sp³-hybridized carbons (Fsp3) is 0.333. The standard InChI is InChI=1S/C15H15N3OS/c19-14-12-9-5-1-2-7-11(9)20-15(12)18-13(17-14)10-6-3-4-8-16-10/h3-4,6,8,13,18H,1-2,5,7H2,(H,17,19)/p+1. The van der Waals surface area contributed by atoms with Crippen LogP contribution in [0.2, 0.25) is 0 Å². The SMILES string of the molecule is O=C1NC(c2cccc[nH+]2)Nc2sc3c(c21)CCCC3. The smallest absolute Gasteiger partial charge is 0.256 e. The number of nitrogens with one attached hydrogen (secondary N) is 3. The Labute approximate surface area is 121 Å². The van der Waals surface area contributed by atoms with E-state index >= 15 is 0 Å². The highest BCUT2D eigenvalue weighted by molar-refractivity contribution is 7.16. The molecule has 4 nitrogen and oxygen atoms in total. The van der Waals surface area contributed by atoms with Crippen molar-refractivity contribution < 1.29 is 9.78 Å². The van der Waals surface area contributed by atoms with Crippen LogP contribution in [0.3, 0.4) is 0 Å². The second kappa shape index (κ2) is 4.59. The molecular weight excluding hydrogens is 270 g/mol. The molecular formula is C15H16N3OS+. The quantitative estimate of drug-likeness (QED) is 0.845. The number of aromatic amines is 1. The number of carbonyl (C=O) groups is 1. The summed E-state index contributed by atoms with van der Waals surface area (Å²) in [4.78, 5) is 17.0. The van der Waals surface area contributed by atoms with E-state index in [4.69, 9.17) is 0 Å². The predicted molar refractivity (Wildman–Crippen MR) is 77.8 cm³/mol. The molecule has 102 valence electrons. The van der Waals surface area contributed by atoms with Crippen molar-refractivity contribution in [3.05, 3.63) is 46.1 Å². The minimum absolute atomic E-state index is 0.0559. The normalized spacial score (nSPS) is 20.6. The van der Waals surface area contributed by atoms with Gasteiger partial charge in [0.1, 0.15) is 5.00 Å². The number of carbonyl (C=O) groups excluding carboxylic acids is 1. The molecule has 2 aromatic rings. The number of fused-ring (bicyclic) bond motifs is 3. The third-order valence-corrected chi connectivity index (χ3v) is 5.22. The molecule has 1 amide bonds. The fourth-order valence-electron chi connectivity index (χ4n) is 3.02. The minimum Gasteiger partial charge on any atom is -0.348 e. The van der Waals surface area contributed by atoms with Gasteiger partial charge in [0.25, 0.3) is 5.91 Å². The molecule has 2 aromatic heterocycles. The van der Waals surface area contributed by atoms with Crippen LogP contribution in [0.5, 0.6) is 0 Å². The molecule has 1 aliphatic carbocycles. The van der Waals surface area contributed by atoms with Crippen LogP contribution in [0.4, 0.5) is 5.00 Å². The van der Waals surface area contributed by atoms with Gasteiger partial charge in [0.05, 0.1) is 5.56 Å². The first-order valence-corrected chi connectivity index (χ1v) is 7.83. The zero-order valence-corrected chi connectivity index (χ0v) is 11.8. The van der Waals surface area contributed by atoms with Crippen LogP contribution in [0.25, 0.3) is 0 Å². The lowest BCUT2D eigenvalue weighted by Gasteiger charge is -2.23. The Morgan fingerprint density at radius 1 is 1.20 bits per heavy atom. The Morgan fingerprint density at radius 3 is 2.95 bits per heavy atom. The lowest BCUT2D eigenvalue weighted by molar-refractivity contribution is -0.392. The second-order valence-electron chi connectivity index (χ2n) is 5.28. The minimum atomic E-state index is -0.170. The number of aromatic nitrogens is 1. The predicted octanol–water partition coefficient (Wildman–Crippen LogP) is 2.30. The van der Waals surface area contributed by atoms with Gasteiger partial charge in [-0.05, 0) is 37.3 Å². The summed E-state index contributed by atoms with van der Waals surface area (Å²) in [5, 5.41) is 7.54. The van der Waals surface area contributed by atoms with Crippen LogP contribution in [0, 0.1) is 0 Å². The lowest BCUT2D eigenvalue weighted by atomic mass is 9.94. The van der Waals surface area contributed by atoms with E-state index in [1.54, 1.807) is 11.3 Å². The second-order valence-corrected chi connectivity index (χ2v) is 6.39. The van der Waals surface area contributed by atoms with Crippen molar-refractivity contribution in [2.24, 2.45) is 0 Å². The summed E-state index contributed by atoms with van der Waals surface area (Å²) >= 11 is 1.75.